The molecule has 106 valence electrons. The third kappa shape index (κ3) is 3.82. The van der Waals surface area contributed by atoms with Crippen LogP contribution in [0.4, 0.5) is 18.0 Å². The minimum atomic E-state index is -4.82. The zero-order chi connectivity index (χ0) is 13.3. The summed E-state index contributed by atoms with van der Waals surface area (Å²) in [6.45, 7) is -0.0676. The molecule has 1 atom stereocenters. The van der Waals surface area contributed by atoms with Crippen LogP contribution < -0.4 is 10.1 Å². The van der Waals surface area contributed by atoms with E-state index < -0.39 is 24.2 Å². The summed E-state index contributed by atoms with van der Waals surface area (Å²) in [6, 6.07) is 2.34. The Bertz CT molecular complexity index is 480. The molecule has 1 aliphatic heterocycles. The summed E-state index contributed by atoms with van der Waals surface area (Å²) in [5.74, 6) is -0.725. The van der Waals surface area contributed by atoms with Gasteiger partial charge in [0, 0.05) is 5.56 Å². The van der Waals surface area contributed by atoms with Crippen molar-refractivity contribution >= 4 is 18.5 Å². The molecule has 5 nitrogen and oxygen atoms in total. The number of amides is 1. The zero-order valence-electron chi connectivity index (χ0n) is 9.23. The quantitative estimate of drug-likeness (QED) is 0.880. The van der Waals surface area contributed by atoms with Crippen molar-refractivity contribution in [3.63, 3.8) is 0 Å². The Balaban J connectivity index is 0.00000180. The topological polar surface area (TPSA) is 67.8 Å². The highest BCUT2D eigenvalue weighted by Crippen LogP contribution is 2.32. The van der Waals surface area contributed by atoms with Crippen LogP contribution >= 0.6 is 12.4 Å². The lowest BCUT2D eigenvalue weighted by molar-refractivity contribution is -0.274. The fourth-order valence-electron chi connectivity index (χ4n) is 1.56. The maximum Gasteiger partial charge on any atom is 0.573 e. The SMILES string of the molecule is Cl.O=C1N[C@H](c2cc(OC(F)(F)F)ccc2O)CO1. The number of alkyl carbamates (subject to hydrolysis) is 1. The minimum absolute atomic E-state index is 0. The van der Waals surface area contributed by atoms with Gasteiger partial charge in [0.25, 0.3) is 0 Å². The van der Waals surface area contributed by atoms with E-state index in [9.17, 15) is 23.1 Å². The molecule has 0 aliphatic carbocycles. The number of carbonyl (C=O) groups is 1. The van der Waals surface area contributed by atoms with Crippen molar-refractivity contribution in [2.24, 2.45) is 0 Å². The first-order chi connectivity index (χ1) is 8.35. The number of hydrogen-bond acceptors (Lipinski definition) is 4. The standard InChI is InChI=1S/C10H8F3NO4.ClH/c11-10(12,13)18-5-1-2-8(15)6(3-5)7-4-17-9(16)14-7;/h1-3,7,15H,4H2,(H,14,16);1H/t7-;/m0./s1. The van der Waals surface area contributed by atoms with Gasteiger partial charge in [0.15, 0.2) is 0 Å². The van der Waals surface area contributed by atoms with Crippen LogP contribution in [0, 0.1) is 0 Å². The summed E-state index contributed by atoms with van der Waals surface area (Å²) in [7, 11) is 0. The molecule has 0 radical (unpaired) electrons. The van der Waals surface area contributed by atoms with Crippen molar-refractivity contribution in [2.75, 3.05) is 6.61 Å². The summed E-state index contributed by atoms with van der Waals surface area (Å²) < 4.78 is 44.4. The van der Waals surface area contributed by atoms with Crippen LogP contribution in [0.1, 0.15) is 11.6 Å². The van der Waals surface area contributed by atoms with Gasteiger partial charge in [-0.1, -0.05) is 0 Å². The second-order valence-electron chi connectivity index (χ2n) is 3.56. The van der Waals surface area contributed by atoms with E-state index in [1.54, 1.807) is 0 Å². The first-order valence-electron chi connectivity index (χ1n) is 4.87. The predicted molar refractivity (Wildman–Crippen MR) is 59.3 cm³/mol. The Morgan fingerprint density at radius 3 is 2.63 bits per heavy atom. The number of ether oxygens (including phenoxy) is 2. The second-order valence-corrected chi connectivity index (χ2v) is 3.56. The molecule has 2 N–H and O–H groups in total. The van der Waals surface area contributed by atoms with Crippen LogP contribution in [0.25, 0.3) is 0 Å². The van der Waals surface area contributed by atoms with E-state index in [-0.39, 0.29) is 30.3 Å². The molecular formula is C10H9ClF3NO4. The van der Waals surface area contributed by atoms with Gasteiger partial charge in [-0.05, 0) is 18.2 Å². The summed E-state index contributed by atoms with van der Waals surface area (Å²) in [5.41, 5.74) is 0.0996. The first-order valence-corrected chi connectivity index (χ1v) is 4.87. The molecule has 2 rings (SSSR count). The van der Waals surface area contributed by atoms with Gasteiger partial charge in [-0.3, -0.25) is 0 Å². The monoisotopic (exact) mass is 299 g/mol. The molecular weight excluding hydrogens is 291 g/mol. The number of nitrogens with one attached hydrogen (secondary N) is 1. The molecule has 9 heteroatoms. The third-order valence-electron chi connectivity index (χ3n) is 2.28. The van der Waals surface area contributed by atoms with E-state index in [0.29, 0.717) is 0 Å². The molecule has 1 saturated heterocycles. The molecule has 0 aromatic heterocycles. The number of cyclic esters (lactones) is 1. The van der Waals surface area contributed by atoms with Crippen molar-refractivity contribution in [1.29, 1.82) is 0 Å². The van der Waals surface area contributed by atoms with E-state index in [4.69, 9.17) is 0 Å². The number of hydrogen-bond donors (Lipinski definition) is 2. The molecule has 1 aliphatic rings. The number of alkyl halides is 3. The second kappa shape index (κ2) is 5.43. The molecule has 1 aromatic carbocycles. The average Bonchev–Trinajstić information content (AvgIpc) is 2.66. The minimum Gasteiger partial charge on any atom is -0.508 e. The average molecular weight is 300 g/mol. The van der Waals surface area contributed by atoms with Crippen molar-refractivity contribution in [3.05, 3.63) is 23.8 Å². The number of phenols is 1. The predicted octanol–water partition coefficient (Wildman–Crippen LogP) is 2.49. The molecule has 0 saturated carbocycles. The highest BCUT2D eigenvalue weighted by atomic mass is 35.5. The Morgan fingerprint density at radius 1 is 1.42 bits per heavy atom. The van der Waals surface area contributed by atoms with Crippen LogP contribution in [0.3, 0.4) is 0 Å². The Kier molecular flexibility index (Phi) is 4.35. The van der Waals surface area contributed by atoms with Gasteiger partial charge in [-0.25, -0.2) is 4.79 Å². The van der Waals surface area contributed by atoms with Crippen molar-refractivity contribution < 1.29 is 32.5 Å². The highest BCUT2D eigenvalue weighted by Gasteiger charge is 2.32. The summed E-state index contributed by atoms with van der Waals surface area (Å²) in [6.07, 6.45) is -5.51. The normalized spacial score (nSPS) is 18.3. The van der Waals surface area contributed by atoms with Crippen molar-refractivity contribution in [1.82, 2.24) is 5.32 Å². The van der Waals surface area contributed by atoms with Gasteiger partial charge in [-0.15, -0.1) is 25.6 Å². The van der Waals surface area contributed by atoms with E-state index >= 15 is 0 Å². The molecule has 1 amide bonds. The maximum absolute atomic E-state index is 12.0. The number of carbonyl (C=O) groups excluding carboxylic acids is 1. The van der Waals surface area contributed by atoms with E-state index in [0.717, 1.165) is 18.2 Å². The van der Waals surface area contributed by atoms with Gasteiger partial charge < -0.3 is 19.9 Å². The number of aromatic hydroxyl groups is 1. The lowest BCUT2D eigenvalue weighted by Crippen LogP contribution is -2.20. The van der Waals surface area contributed by atoms with Crippen LogP contribution in [-0.2, 0) is 4.74 Å². The van der Waals surface area contributed by atoms with Gasteiger partial charge in [-0.2, -0.15) is 0 Å². The molecule has 19 heavy (non-hydrogen) atoms. The van der Waals surface area contributed by atoms with Crippen LogP contribution in [0.15, 0.2) is 18.2 Å². The molecule has 1 heterocycles. The molecule has 0 unspecified atom stereocenters. The van der Waals surface area contributed by atoms with Crippen LogP contribution in [0.2, 0.25) is 0 Å². The lowest BCUT2D eigenvalue weighted by Gasteiger charge is -2.13. The van der Waals surface area contributed by atoms with Crippen LogP contribution in [0.5, 0.6) is 11.5 Å². The summed E-state index contributed by atoms with van der Waals surface area (Å²) >= 11 is 0. The molecule has 0 bridgehead atoms. The van der Waals surface area contributed by atoms with E-state index in [1.807, 2.05) is 0 Å². The smallest absolute Gasteiger partial charge is 0.508 e. The molecule has 1 fully saturated rings. The van der Waals surface area contributed by atoms with Gasteiger partial charge >= 0.3 is 12.5 Å². The summed E-state index contributed by atoms with van der Waals surface area (Å²) in [4.78, 5) is 10.8. The summed E-state index contributed by atoms with van der Waals surface area (Å²) in [5, 5.41) is 11.9. The number of halogens is 4. The number of rotatable bonds is 2. The van der Waals surface area contributed by atoms with Crippen LogP contribution in [-0.4, -0.2) is 24.2 Å². The number of phenolic OH excluding ortho intramolecular Hbond substituents is 1. The molecule has 0 spiro atoms. The van der Waals surface area contributed by atoms with Gasteiger partial charge in [0.1, 0.15) is 18.1 Å². The fourth-order valence-corrected chi connectivity index (χ4v) is 1.56. The highest BCUT2D eigenvalue weighted by molar-refractivity contribution is 5.85. The van der Waals surface area contributed by atoms with Crippen molar-refractivity contribution in [3.8, 4) is 11.5 Å². The maximum atomic E-state index is 12.0. The Labute approximate surface area is 111 Å². The van der Waals surface area contributed by atoms with Gasteiger partial charge in [0.2, 0.25) is 0 Å². The lowest BCUT2D eigenvalue weighted by atomic mass is 10.1. The largest absolute Gasteiger partial charge is 0.573 e. The zero-order valence-corrected chi connectivity index (χ0v) is 10.0. The third-order valence-corrected chi connectivity index (χ3v) is 2.28. The number of benzene rings is 1. The van der Waals surface area contributed by atoms with Crippen molar-refractivity contribution in [2.45, 2.75) is 12.4 Å². The fraction of sp³-hybridized carbons (Fsp3) is 0.300. The van der Waals surface area contributed by atoms with Gasteiger partial charge in [0.05, 0.1) is 6.04 Å². The molecule has 1 aromatic rings. The Morgan fingerprint density at radius 2 is 2.11 bits per heavy atom. The first kappa shape index (κ1) is 15.2. The Hall–Kier alpha value is -1.83. The van der Waals surface area contributed by atoms with E-state index in [1.165, 1.54) is 0 Å². The van der Waals surface area contributed by atoms with E-state index in [2.05, 4.69) is 14.8 Å².